The van der Waals surface area contributed by atoms with Crippen LogP contribution in [0.15, 0.2) is 33.7 Å². The van der Waals surface area contributed by atoms with Crippen LogP contribution in [0.3, 0.4) is 0 Å². The summed E-state index contributed by atoms with van der Waals surface area (Å²) >= 11 is 1.73. The van der Waals surface area contributed by atoms with E-state index in [0.29, 0.717) is 5.89 Å². The Morgan fingerprint density at radius 3 is 2.89 bits per heavy atom. The van der Waals surface area contributed by atoms with Gasteiger partial charge in [0.25, 0.3) is 0 Å². The highest BCUT2D eigenvalue weighted by atomic mass is 32.2. The van der Waals surface area contributed by atoms with E-state index in [1.54, 1.807) is 11.8 Å². The third-order valence-corrected chi connectivity index (χ3v) is 3.91. The molecule has 0 aliphatic rings. The number of hydrogen-bond acceptors (Lipinski definition) is 5. The van der Waals surface area contributed by atoms with Gasteiger partial charge < -0.3 is 9.84 Å². The highest BCUT2D eigenvalue weighted by molar-refractivity contribution is 7.98. The lowest BCUT2D eigenvalue weighted by Gasteiger charge is -2.02. The molecule has 4 nitrogen and oxygen atoms in total. The van der Waals surface area contributed by atoms with Gasteiger partial charge in [-0.3, -0.25) is 0 Å². The fourth-order valence-corrected chi connectivity index (χ4v) is 2.36. The zero-order valence-corrected chi connectivity index (χ0v) is 11.6. The van der Waals surface area contributed by atoms with Gasteiger partial charge in [-0.05, 0) is 32.5 Å². The predicted molar refractivity (Wildman–Crippen MR) is 72.5 cm³/mol. The molecular weight excluding hydrogens is 246 g/mol. The van der Waals surface area contributed by atoms with Crippen molar-refractivity contribution in [2.75, 3.05) is 7.05 Å². The van der Waals surface area contributed by atoms with E-state index >= 15 is 0 Å². The van der Waals surface area contributed by atoms with Crippen LogP contribution in [0.2, 0.25) is 0 Å². The number of benzene rings is 1. The number of nitrogens with one attached hydrogen (secondary N) is 1. The van der Waals surface area contributed by atoms with Crippen molar-refractivity contribution in [2.45, 2.75) is 30.5 Å². The monoisotopic (exact) mass is 263 g/mol. The first-order valence-corrected chi connectivity index (χ1v) is 6.87. The molecule has 18 heavy (non-hydrogen) atoms. The third-order valence-electron chi connectivity index (χ3n) is 2.74. The van der Waals surface area contributed by atoms with Crippen molar-refractivity contribution < 1.29 is 4.52 Å². The molecule has 2 aromatic rings. The summed E-state index contributed by atoms with van der Waals surface area (Å²) in [5.41, 5.74) is 1.27. The molecule has 0 fully saturated rings. The molecule has 1 aromatic carbocycles. The predicted octanol–water partition coefficient (Wildman–Crippen LogP) is 2.95. The van der Waals surface area contributed by atoms with E-state index in [1.807, 2.05) is 26.1 Å². The number of aromatic nitrogens is 2. The van der Waals surface area contributed by atoms with Crippen LogP contribution in [0.5, 0.6) is 0 Å². The van der Waals surface area contributed by atoms with Crippen molar-refractivity contribution in [1.29, 1.82) is 0 Å². The normalized spacial score (nSPS) is 12.6. The van der Waals surface area contributed by atoms with Gasteiger partial charge in [-0.15, -0.1) is 11.8 Å². The Morgan fingerprint density at radius 2 is 2.17 bits per heavy atom. The third kappa shape index (κ3) is 3.11. The van der Waals surface area contributed by atoms with Gasteiger partial charge in [-0.2, -0.15) is 4.98 Å². The average Bonchev–Trinajstić information content (AvgIpc) is 2.86. The van der Waals surface area contributed by atoms with Gasteiger partial charge in [0.2, 0.25) is 5.89 Å². The van der Waals surface area contributed by atoms with Gasteiger partial charge in [0.15, 0.2) is 5.82 Å². The molecule has 0 saturated heterocycles. The van der Waals surface area contributed by atoms with Gasteiger partial charge in [0.1, 0.15) is 0 Å². The Bertz CT molecular complexity index is 512. The SMILES string of the molecule is CNC(C)c1nc(CSc2ccccc2C)no1. The number of thioether (sulfide) groups is 1. The molecule has 0 spiro atoms. The molecule has 1 aromatic heterocycles. The largest absolute Gasteiger partial charge is 0.338 e. The second-order valence-electron chi connectivity index (χ2n) is 4.11. The number of nitrogens with zero attached hydrogens (tertiary/aromatic N) is 2. The summed E-state index contributed by atoms with van der Waals surface area (Å²) in [4.78, 5) is 5.62. The highest BCUT2D eigenvalue weighted by Gasteiger charge is 2.12. The quantitative estimate of drug-likeness (QED) is 0.840. The van der Waals surface area contributed by atoms with Crippen molar-refractivity contribution in [3.63, 3.8) is 0 Å². The molecular formula is C13H17N3OS. The fraction of sp³-hybridized carbons (Fsp3) is 0.385. The fourth-order valence-electron chi connectivity index (χ4n) is 1.49. The van der Waals surface area contributed by atoms with Crippen molar-refractivity contribution in [3.8, 4) is 0 Å². The lowest BCUT2D eigenvalue weighted by atomic mass is 10.2. The van der Waals surface area contributed by atoms with E-state index in [-0.39, 0.29) is 6.04 Å². The minimum absolute atomic E-state index is 0.0923. The topological polar surface area (TPSA) is 51.0 Å². The summed E-state index contributed by atoms with van der Waals surface area (Å²) in [6.07, 6.45) is 0. The van der Waals surface area contributed by atoms with Crippen LogP contribution in [0.4, 0.5) is 0 Å². The molecule has 1 N–H and O–H groups in total. The molecule has 0 amide bonds. The van der Waals surface area contributed by atoms with E-state index in [9.17, 15) is 0 Å². The van der Waals surface area contributed by atoms with Crippen molar-refractivity contribution >= 4 is 11.8 Å². The summed E-state index contributed by atoms with van der Waals surface area (Å²) in [5.74, 6) is 2.10. The van der Waals surface area contributed by atoms with E-state index in [0.717, 1.165) is 11.6 Å². The Labute approximate surface area is 111 Å². The lowest BCUT2D eigenvalue weighted by Crippen LogP contribution is -2.12. The van der Waals surface area contributed by atoms with Crippen LogP contribution in [-0.2, 0) is 5.75 Å². The minimum atomic E-state index is 0.0923. The Kier molecular flexibility index (Phi) is 4.38. The standard InChI is InChI=1S/C13H17N3OS/c1-9-6-4-5-7-11(9)18-8-12-15-13(17-16-12)10(2)14-3/h4-7,10,14H,8H2,1-3H3. The van der Waals surface area contributed by atoms with E-state index in [1.165, 1.54) is 10.5 Å². The minimum Gasteiger partial charge on any atom is -0.338 e. The van der Waals surface area contributed by atoms with Gasteiger partial charge in [0, 0.05) is 4.90 Å². The number of hydrogen-bond donors (Lipinski definition) is 1. The summed E-state index contributed by atoms with van der Waals surface area (Å²) < 4.78 is 5.20. The summed E-state index contributed by atoms with van der Waals surface area (Å²) in [5, 5.41) is 7.06. The van der Waals surface area contributed by atoms with Crippen molar-refractivity contribution in [2.24, 2.45) is 0 Å². The lowest BCUT2D eigenvalue weighted by molar-refractivity contribution is 0.344. The first-order chi connectivity index (χ1) is 8.70. The van der Waals surface area contributed by atoms with Crippen LogP contribution < -0.4 is 5.32 Å². The number of rotatable bonds is 5. The molecule has 96 valence electrons. The Morgan fingerprint density at radius 1 is 1.39 bits per heavy atom. The van der Waals surface area contributed by atoms with E-state index in [4.69, 9.17) is 4.52 Å². The first-order valence-electron chi connectivity index (χ1n) is 5.89. The van der Waals surface area contributed by atoms with E-state index in [2.05, 4.69) is 34.5 Å². The second-order valence-corrected chi connectivity index (χ2v) is 5.13. The molecule has 5 heteroatoms. The van der Waals surface area contributed by atoms with Crippen LogP contribution in [0.1, 0.15) is 30.2 Å². The zero-order valence-electron chi connectivity index (χ0n) is 10.8. The molecule has 1 unspecified atom stereocenters. The maximum absolute atomic E-state index is 5.20. The average molecular weight is 263 g/mol. The van der Waals surface area contributed by atoms with Crippen LogP contribution in [0.25, 0.3) is 0 Å². The van der Waals surface area contributed by atoms with Gasteiger partial charge >= 0.3 is 0 Å². The van der Waals surface area contributed by atoms with Crippen LogP contribution >= 0.6 is 11.8 Å². The maximum Gasteiger partial charge on any atom is 0.243 e. The smallest absolute Gasteiger partial charge is 0.243 e. The Hall–Kier alpha value is -1.33. The van der Waals surface area contributed by atoms with Gasteiger partial charge in [-0.25, -0.2) is 0 Å². The van der Waals surface area contributed by atoms with Gasteiger partial charge in [-0.1, -0.05) is 23.4 Å². The molecule has 0 aliphatic carbocycles. The highest BCUT2D eigenvalue weighted by Crippen LogP contribution is 2.25. The number of aryl methyl sites for hydroxylation is 1. The van der Waals surface area contributed by atoms with Gasteiger partial charge in [0.05, 0.1) is 11.8 Å². The molecule has 0 radical (unpaired) electrons. The zero-order chi connectivity index (χ0) is 13.0. The summed E-state index contributed by atoms with van der Waals surface area (Å²) in [7, 11) is 1.87. The first kappa shape index (κ1) is 13.1. The summed E-state index contributed by atoms with van der Waals surface area (Å²) in [6, 6.07) is 8.39. The van der Waals surface area contributed by atoms with Crippen LogP contribution in [0, 0.1) is 6.92 Å². The molecule has 0 aliphatic heterocycles. The Balaban J connectivity index is 1.98. The van der Waals surface area contributed by atoms with E-state index < -0.39 is 0 Å². The molecule has 0 bridgehead atoms. The molecule has 2 rings (SSSR count). The maximum atomic E-state index is 5.20. The van der Waals surface area contributed by atoms with Crippen molar-refractivity contribution in [1.82, 2.24) is 15.5 Å². The molecule has 0 saturated carbocycles. The van der Waals surface area contributed by atoms with Crippen LogP contribution in [-0.4, -0.2) is 17.2 Å². The molecule has 1 atom stereocenters. The van der Waals surface area contributed by atoms with Crippen molar-refractivity contribution in [3.05, 3.63) is 41.5 Å². The second kappa shape index (κ2) is 6.02. The summed E-state index contributed by atoms with van der Waals surface area (Å²) in [6.45, 7) is 4.10. The molecule has 1 heterocycles.